The highest BCUT2D eigenvalue weighted by Gasteiger charge is 2.43. The lowest BCUT2D eigenvalue weighted by molar-refractivity contribution is 0.262. The second kappa shape index (κ2) is 2.21. The van der Waals surface area contributed by atoms with Crippen molar-refractivity contribution in [2.24, 2.45) is 5.73 Å². The Hall–Kier alpha value is -0.0800. The van der Waals surface area contributed by atoms with Gasteiger partial charge in [-0.15, -0.1) is 0 Å². The van der Waals surface area contributed by atoms with Crippen molar-refractivity contribution in [2.45, 2.75) is 44.3 Å². The Balaban J connectivity index is 2.11. The SMILES string of the molecule is CCN1[C@@H]2CC[C@H]1C(N)C2. The van der Waals surface area contributed by atoms with Crippen LogP contribution < -0.4 is 5.73 Å². The van der Waals surface area contributed by atoms with Gasteiger partial charge in [0.15, 0.2) is 0 Å². The van der Waals surface area contributed by atoms with E-state index in [-0.39, 0.29) is 0 Å². The van der Waals surface area contributed by atoms with E-state index in [1.807, 2.05) is 0 Å². The molecule has 2 aliphatic heterocycles. The Morgan fingerprint density at radius 3 is 2.60 bits per heavy atom. The Morgan fingerprint density at radius 1 is 1.50 bits per heavy atom. The molecule has 2 aliphatic rings. The van der Waals surface area contributed by atoms with Gasteiger partial charge >= 0.3 is 0 Å². The molecule has 2 bridgehead atoms. The number of nitrogens with zero attached hydrogens (tertiary/aromatic N) is 1. The third kappa shape index (κ3) is 0.722. The first-order valence-electron chi connectivity index (χ1n) is 4.34. The van der Waals surface area contributed by atoms with Crippen LogP contribution in [0.3, 0.4) is 0 Å². The predicted octanol–water partition coefficient (Wildman–Crippen LogP) is 0.570. The van der Waals surface area contributed by atoms with Crippen LogP contribution in [0.4, 0.5) is 0 Å². The third-order valence-electron chi connectivity index (χ3n) is 3.09. The van der Waals surface area contributed by atoms with E-state index >= 15 is 0 Å². The van der Waals surface area contributed by atoms with E-state index in [1.54, 1.807) is 0 Å². The van der Waals surface area contributed by atoms with Gasteiger partial charge in [0, 0.05) is 18.1 Å². The zero-order valence-corrected chi connectivity index (χ0v) is 6.59. The van der Waals surface area contributed by atoms with Gasteiger partial charge in [-0.3, -0.25) is 4.90 Å². The third-order valence-corrected chi connectivity index (χ3v) is 3.09. The van der Waals surface area contributed by atoms with Crippen LogP contribution in [-0.4, -0.2) is 29.6 Å². The van der Waals surface area contributed by atoms with Gasteiger partial charge in [0.2, 0.25) is 0 Å². The fraction of sp³-hybridized carbons (Fsp3) is 1.00. The first-order valence-corrected chi connectivity index (χ1v) is 4.34. The number of nitrogens with two attached hydrogens (primary N) is 1. The molecular formula is C8H16N2. The van der Waals surface area contributed by atoms with Crippen LogP contribution in [0.25, 0.3) is 0 Å². The highest BCUT2D eigenvalue weighted by Crippen LogP contribution is 2.35. The lowest BCUT2D eigenvalue weighted by atomic mass is 9.97. The molecule has 0 amide bonds. The van der Waals surface area contributed by atoms with E-state index < -0.39 is 0 Å². The smallest absolute Gasteiger partial charge is 0.0251 e. The summed E-state index contributed by atoms with van der Waals surface area (Å²) in [7, 11) is 0. The van der Waals surface area contributed by atoms with Crippen molar-refractivity contribution in [1.29, 1.82) is 0 Å². The molecule has 0 aliphatic carbocycles. The Labute approximate surface area is 62.4 Å². The minimum atomic E-state index is 0.485. The first-order chi connectivity index (χ1) is 4.83. The molecule has 0 aromatic heterocycles. The molecule has 2 heterocycles. The maximum absolute atomic E-state index is 5.94. The molecule has 2 saturated heterocycles. The van der Waals surface area contributed by atoms with Crippen molar-refractivity contribution in [3.05, 3.63) is 0 Å². The summed E-state index contributed by atoms with van der Waals surface area (Å²) in [6.07, 6.45) is 3.99. The molecule has 0 saturated carbocycles. The van der Waals surface area contributed by atoms with Crippen molar-refractivity contribution in [3.8, 4) is 0 Å². The van der Waals surface area contributed by atoms with E-state index in [1.165, 1.54) is 25.8 Å². The Morgan fingerprint density at radius 2 is 2.30 bits per heavy atom. The minimum Gasteiger partial charge on any atom is -0.326 e. The molecule has 2 N–H and O–H groups in total. The zero-order chi connectivity index (χ0) is 7.14. The van der Waals surface area contributed by atoms with Gasteiger partial charge in [-0.1, -0.05) is 6.92 Å². The highest BCUT2D eigenvalue weighted by molar-refractivity contribution is 5.01. The van der Waals surface area contributed by atoms with E-state index in [2.05, 4.69) is 11.8 Å². The zero-order valence-electron chi connectivity index (χ0n) is 6.59. The van der Waals surface area contributed by atoms with Crippen molar-refractivity contribution >= 4 is 0 Å². The summed E-state index contributed by atoms with van der Waals surface area (Å²) in [6.45, 7) is 3.44. The van der Waals surface area contributed by atoms with Gasteiger partial charge in [-0.25, -0.2) is 0 Å². The summed E-state index contributed by atoms with van der Waals surface area (Å²) >= 11 is 0. The van der Waals surface area contributed by atoms with Crippen molar-refractivity contribution < 1.29 is 0 Å². The fourth-order valence-electron chi connectivity index (χ4n) is 2.64. The average Bonchev–Trinajstić information content (AvgIpc) is 2.42. The maximum atomic E-state index is 5.94. The average molecular weight is 140 g/mol. The largest absolute Gasteiger partial charge is 0.326 e. The quantitative estimate of drug-likeness (QED) is 0.577. The van der Waals surface area contributed by atoms with Gasteiger partial charge < -0.3 is 5.73 Å². The summed E-state index contributed by atoms with van der Waals surface area (Å²) in [5.41, 5.74) is 5.94. The van der Waals surface area contributed by atoms with Crippen LogP contribution >= 0.6 is 0 Å². The number of likely N-dealkylation sites (N-methyl/N-ethyl adjacent to an activating group) is 1. The summed E-state index contributed by atoms with van der Waals surface area (Å²) in [5, 5.41) is 0. The fourth-order valence-corrected chi connectivity index (χ4v) is 2.64. The van der Waals surface area contributed by atoms with Crippen LogP contribution in [0.1, 0.15) is 26.2 Å². The van der Waals surface area contributed by atoms with E-state index in [0.717, 1.165) is 12.1 Å². The molecule has 3 atom stereocenters. The summed E-state index contributed by atoms with van der Waals surface area (Å²) in [6, 6.07) is 2.05. The van der Waals surface area contributed by atoms with E-state index in [9.17, 15) is 0 Å². The number of fused-ring (bicyclic) bond motifs is 2. The van der Waals surface area contributed by atoms with Gasteiger partial charge in [0.25, 0.3) is 0 Å². The topological polar surface area (TPSA) is 29.3 Å². The monoisotopic (exact) mass is 140 g/mol. The summed E-state index contributed by atoms with van der Waals surface area (Å²) < 4.78 is 0. The van der Waals surface area contributed by atoms with E-state index in [4.69, 9.17) is 5.73 Å². The molecule has 0 aromatic carbocycles. The molecular weight excluding hydrogens is 124 g/mol. The normalized spacial score (nSPS) is 46.8. The molecule has 2 nitrogen and oxygen atoms in total. The second-order valence-corrected chi connectivity index (χ2v) is 3.53. The lowest BCUT2D eigenvalue weighted by Gasteiger charge is -2.19. The maximum Gasteiger partial charge on any atom is 0.0251 e. The molecule has 2 heteroatoms. The Bertz CT molecular complexity index is 135. The molecule has 0 radical (unpaired) electrons. The van der Waals surface area contributed by atoms with Gasteiger partial charge in [0.1, 0.15) is 0 Å². The molecule has 58 valence electrons. The summed E-state index contributed by atoms with van der Waals surface area (Å²) in [5.74, 6) is 0. The van der Waals surface area contributed by atoms with Crippen molar-refractivity contribution in [3.63, 3.8) is 0 Å². The predicted molar refractivity (Wildman–Crippen MR) is 41.8 cm³/mol. The van der Waals surface area contributed by atoms with Gasteiger partial charge in [-0.05, 0) is 25.8 Å². The number of hydrogen-bond acceptors (Lipinski definition) is 2. The molecule has 0 spiro atoms. The van der Waals surface area contributed by atoms with Crippen LogP contribution in [0.2, 0.25) is 0 Å². The molecule has 1 unspecified atom stereocenters. The van der Waals surface area contributed by atoms with Crippen LogP contribution in [0, 0.1) is 0 Å². The first kappa shape index (κ1) is 6.62. The second-order valence-electron chi connectivity index (χ2n) is 3.53. The molecule has 10 heavy (non-hydrogen) atoms. The van der Waals surface area contributed by atoms with Crippen molar-refractivity contribution in [2.75, 3.05) is 6.54 Å². The van der Waals surface area contributed by atoms with Gasteiger partial charge in [-0.2, -0.15) is 0 Å². The minimum absolute atomic E-state index is 0.485. The Kier molecular flexibility index (Phi) is 1.46. The lowest BCUT2D eigenvalue weighted by Crippen LogP contribution is -2.36. The van der Waals surface area contributed by atoms with Crippen LogP contribution in [0.15, 0.2) is 0 Å². The highest BCUT2D eigenvalue weighted by atomic mass is 15.3. The number of rotatable bonds is 1. The molecule has 0 aromatic rings. The molecule has 2 rings (SSSR count). The van der Waals surface area contributed by atoms with Crippen molar-refractivity contribution in [1.82, 2.24) is 4.90 Å². The van der Waals surface area contributed by atoms with Crippen LogP contribution in [0.5, 0.6) is 0 Å². The number of hydrogen-bond donors (Lipinski definition) is 1. The van der Waals surface area contributed by atoms with Crippen LogP contribution in [-0.2, 0) is 0 Å². The summed E-state index contributed by atoms with van der Waals surface area (Å²) in [4.78, 5) is 2.57. The molecule has 2 fully saturated rings. The standard InChI is InChI=1S/C8H16N2/c1-2-10-6-3-4-8(10)7(9)5-6/h6-8H,2-5,9H2,1H3/t6-,7?,8+/m1/s1. The van der Waals surface area contributed by atoms with E-state index in [0.29, 0.717) is 6.04 Å². The van der Waals surface area contributed by atoms with Gasteiger partial charge in [0.05, 0.1) is 0 Å².